The molecule has 6 nitrogen and oxygen atoms in total. The molecule has 3 rings (SSSR count). The Hall–Kier alpha value is -2.05. The van der Waals surface area contributed by atoms with E-state index in [0.29, 0.717) is 38.9 Å². The summed E-state index contributed by atoms with van der Waals surface area (Å²) in [6, 6.07) is 5.03. The van der Waals surface area contributed by atoms with Gasteiger partial charge in [-0.2, -0.15) is 5.10 Å². The van der Waals surface area contributed by atoms with Gasteiger partial charge in [-0.15, -0.1) is 0 Å². The number of rotatable bonds is 2. The predicted molar refractivity (Wildman–Crippen MR) is 86.7 cm³/mol. The highest BCUT2D eigenvalue weighted by Crippen LogP contribution is 2.30. The lowest BCUT2D eigenvalue weighted by Crippen LogP contribution is -2.32. The summed E-state index contributed by atoms with van der Waals surface area (Å²) < 4.78 is 2.60. The molecule has 0 spiro atoms. The van der Waals surface area contributed by atoms with Gasteiger partial charge in [0.25, 0.3) is 5.56 Å². The molecule has 1 aromatic carbocycles. The van der Waals surface area contributed by atoms with Crippen LogP contribution in [0.5, 0.6) is 0 Å². The van der Waals surface area contributed by atoms with Crippen molar-refractivity contribution in [3.63, 3.8) is 0 Å². The zero-order valence-electron chi connectivity index (χ0n) is 11.9. The molecule has 0 amide bonds. The van der Waals surface area contributed by atoms with Gasteiger partial charge < -0.3 is 0 Å². The molecule has 0 radical (unpaired) electrons. The summed E-state index contributed by atoms with van der Waals surface area (Å²) in [5.74, 6) is 0. The van der Waals surface area contributed by atoms with E-state index in [1.165, 1.54) is 7.05 Å². The summed E-state index contributed by atoms with van der Waals surface area (Å²) in [7, 11) is 1.42. The van der Waals surface area contributed by atoms with E-state index < -0.39 is 11.2 Å². The molecule has 0 atom stereocenters. The average molecular weight is 339 g/mol. The van der Waals surface area contributed by atoms with Crippen LogP contribution in [0.25, 0.3) is 22.3 Å². The van der Waals surface area contributed by atoms with Gasteiger partial charge in [0, 0.05) is 19.2 Å². The zero-order valence-corrected chi connectivity index (χ0v) is 13.4. The number of benzene rings is 1. The molecule has 2 aromatic heterocycles. The van der Waals surface area contributed by atoms with Crippen molar-refractivity contribution in [3.8, 4) is 11.3 Å². The van der Waals surface area contributed by atoms with Crippen LogP contribution in [-0.2, 0) is 13.6 Å². The van der Waals surface area contributed by atoms with Gasteiger partial charge in [0.1, 0.15) is 16.7 Å². The fourth-order valence-electron chi connectivity index (χ4n) is 2.31. The van der Waals surface area contributed by atoms with Gasteiger partial charge in [0.05, 0.1) is 10.0 Å². The summed E-state index contributed by atoms with van der Waals surface area (Å²) in [4.78, 5) is 26.9. The molecule has 2 heterocycles. The summed E-state index contributed by atoms with van der Waals surface area (Å²) in [5, 5.41) is 5.57. The maximum Gasteiger partial charge on any atom is 0.329 e. The molecule has 0 saturated heterocycles. The van der Waals surface area contributed by atoms with Crippen LogP contribution in [0.3, 0.4) is 0 Å². The van der Waals surface area contributed by atoms with Gasteiger partial charge in [-0.1, -0.05) is 29.3 Å². The minimum atomic E-state index is -0.479. The van der Waals surface area contributed by atoms with Crippen LogP contribution in [0.2, 0.25) is 10.0 Å². The lowest BCUT2D eigenvalue weighted by molar-refractivity contribution is 0.673. The van der Waals surface area contributed by atoms with Crippen molar-refractivity contribution in [2.75, 3.05) is 0 Å². The molecule has 114 valence electrons. The molecule has 0 unspecified atom stereocenters. The number of hydrogen-bond donors (Lipinski definition) is 1. The van der Waals surface area contributed by atoms with Crippen molar-refractivity contribution in [1.82, 2.24) is 19.3 Å². The Kier molecular flexibility index (Phi) is 3.58. The Morgan fingerprint density at radius 3 is 2.59 bits per heavy atom. The molecule has 0 aliphatic rings. The maximum atomic E-state index is 12.5. The monoisotopic (exact) mass is 338 g/mol. The summed E-state index contributed by atoms with van der Waals surface area (Å²) in [6.07, 6.45) is 0. The molecule has 0 bridgehead atoms. The second-order valence-corrected chi connectivity index (χ2v) is 5.63. The number of H-pyrrole nitrogens is 1. The van der Waals surface area contributed by atoms with Crippen LogP contribution >= 0.6 is 23.2 Å². The van der Waals surface area contributed by atoms with Gasteiger partial charge in [-0.3, -0.25) is 14.3 Å². The number of aromatic amines is 1. The van der Waals surface area contributed by atoms with Gasteiger partial charge in [-0.05, 0) is 19.1 Å². The number of hydrogen-bond acceptors (Lipinski definition) is 3. The normalized spacial score (nSPS) is 11.3. The fourth-order valence-corrected chi connectivity index (χ4v) is 2.61. The van der Waals surface area contributed by atoms with Crippen molar-refractivity contribution in [2.24, 2.45) is 7.05 Å². The van der Waals surface area contributed by atoms with Crippen LogP contribution in [0.4, 0.5) is 0 Å². The summed E-state index contributed by atoms with van der Waals surface area (Å²) >= 11 is 12.0. The lowest BCUT2D eigenvalue weighted by atomic mass is 10.1. The molecule has 0 saturated carbocycles. The van der Waals surface area contributed by atoms with E-state index in [1.54, 1.807) is 22.9 Å². The highest BCUT2D eigenvalue weighted by atomic mass is 35.5. The molecule has 0 fully saturated rings. The molecular formula is C14H12Cl2N4O2. The third-order valence-electron chi connectivity index (χ3n) is 3.49. The van der Waals surface area contributed by atoms with Gasteiger partial charge in [-0.25, -0.2) is 9.48 Å². The Bertz CT molecular complexity index is 1000. The second-order valence-electron chi connectivity index (χ2n) is 4.81. The number of aryl methyl sites for hydroxylation is 1. The Morgan fingerprint density at radius 2 is 1.95 bits per heavy atom. The third kappa shape index (κ3) is 2.15. The highest BCUT2D eigenvalue weighted by Gasteiger charge is 2.18. The molecule has 1 N–H and O–H groups in total. The van der Waals surface area contributed by atoms with E-state index in [9.17, 15) is 9.59 Å². The zero-order chi connectivity index (χ0) is 16.0. The molecule has 0 aliphatic carbocycles. The summed E-state index contributed by atoms with van der Waals surface area (Å²) in [5.41, 5.74) is 0.645. The minimum Gasteiger partial charge on any atom is -0.291 e. The fraction of sp³-hybridized carbons (Fsp3) is 0.214. The van der Waals surface area contributed by atoms with Crippen molar-refractivity contribution in [2.45, 2.75) is 13.5 Å². The maximum absolute atomic E-state index is 12.5. The molecule has 0 aliphatic heterocycles. The van der Waals surface area contributed by atoms with Crippen molar-refractivity contribution in [1.29, 1.82) is 0 Å². The van der Waals surface area contributed by atoms with Crippen LogP contribution in [0.1, 0.15) is 6.92 Å². The smallest absolute Gasteiger partial charge is 0.291 e. The molecule has 3 aromatic rings. The highest BCUT2D eigenvalue weighted by molar-refractivity contribution is 6.42. The number of nitrogens with one attached hydrogen (secondary N) is 1. The first kappa shape index (κ1) is 14.9. The number of aromatic nitrogens is 4. The van der Waals surface area contributed by atoms with E-state index in [2.05, 4.69) is 10.1 Å². The van der Waals surface area contributed by atoms with Crippen molar-refractivity contribution >= 4 is 34.2 Å². The predicted octanol–water partition coefficient (Wildman–Crippen LogP) is 2.42. The van der Waals surface area contributed by atoms with Crippen LogP contribution in [0, 0.1) is 0 Å². The van der Waals surface area contributed by atoms with Crippen molar-refractivity contribution in [3.05, 3.63) is 49.1 Å². The van der Waals surface area contributed by atoms with Gasteiger partial charge >= 0.3 is 5.69 Å². The first-order valence-corrected chi connectivity index (χ1v) is 7.35. The molecular weight excluding hydrogens is 327 g/mol. The lowest BCUT2D eigenvalue weighted by Gasteiger charge is -2.01. The van der Waals surface area contributed by atoms with E-state index in [0.717, 1.165) is 4.57 Å². The third-order valence-corrected chi connectivity index (χ3v) is 4.23. The largest absolute Gasteiger partial charge is 0.329 e. The number of nitrogens with zero attached hydrogens (tertiary/aromatic N) is 3. The van der Waals surface area contributed by atoms with Crippen LogP contribution < -0.4 is 11.2 Å². The Balaban J connectivity index is 2.44. The molecule has 22 heavy (non-hydrogen) atoms. The Morgan fingerprint density at radius 1 is 1.23 bits per heavy atom. The molecule has 8 heteroatoms. The Labute approximate surface area is 134 Å². The topological polar surface area (TPSA) is 72.7 Å². The quantitative estimate of drug-likeness (QED) is 0.779. The SMILES string of the molecule is CCn1nc(-c2ccc(Cl)c(Cl)c2)c2c(=O)n(C)c(=O)[nH]c21. The average Bonchev–Trinajstić information content (AvgIpc) is 2.86. The first-order chi connectivity index (χ1) is 10.4. The van der Waals surface area contributed by atoms with Gasteiger partial charge in [0.15, 0.2) is 0 Å². The number of fused-ring (bicyclic) bond motifs is 1. The van der Waals surface area contributed by atoms with E-state index in [1.807, 2.05) is 6.92 Å². The second kappa shape index (κ2) is 5.30. The summed E-state index contributed by atoms with van der Waals surface area (Å²) in [6.45, 7) is 2.39. The van der Waals surface area contributed by atoms with Gasteiger partial charge in [0.2, 0.25) is 0 Å². The van der Waals surface area contributed by atoms with Crippen molar-refractivity contribution < 1.29 is 0 Å². The number of halogens is 2. The standard InChI is InChI=1S/C14H12Cl2N4O2/c1-3-20-12-10(13(21)19(2)14(22)17-12)11(18-20)7-4-5-8(15)9(16)6-7/h4-6H,3H2,1-2H3,(H,17,22). The van der Waals surface area contributed by atoms with E-state index in [4.69, 9.17) is 23.2 Å². The first-order valence-electron chi connectivity index (χ1n) is 6.59. The van der Waals surface area contributed by atoms with Crippen LogP contribution in [-0.4, -0.2) is 19.3 Å². The van der Waals surface area contributed by atoms with Crippen LogP contribution in [0.15, 0.2) is 27.8 Å². The van der Waals surface area contributed by atoms with E-state index in [-0.39, 0.29) is 0 Å². The minimum absolute atomic E-state index is 0.349. The van der Waals surface area contributed by atoms with E-state index >= 15 is 0 Å².